The lowest BCUT2D eigenvalue weighted by Gasteiger charge is -2.62. The van der Waals surface area contributed by atoms with Gasteiger partial charge in [0.25, 0.3) is 0 Å². The fourth-order valence-electron chi connectivity index (χ4n) is 7.68. The largest absolute Gasteiger partial charge is 0.508 e. The van der Waals surface area contributed by atoms with E-state index in [-0.39, 0.29) is 35.9 Å². The highest BCUT2D eigenvalue weighted by molar-refractivity contribution is 6.30. The molecule has 3 fully saturated rings. The van der Waals surface area contributed by atoms with E-state index in [1.807, 2.05) is 6.92 Å². The Labute approximate surface area is 242 Å². The molecule has 11 heteroatoms. The number of aliphatic hydroxyl groups excluding tert-OH is 1. The van der Waals surface area contributed by atoms with Crippen LogP contribution in [0.3, 0.4) is 0 Å². The summed E-state index contributed by atoms with van der Waals surface area (Å²) in [5, 5.41) is 21.7. The van der Waals surface area contributed by atoms with E-state index in [4.69, 9.17) is 21.5 Å². The lowest BCUT2D eigenvalue weighted by atomic mass is 9.45. The zero-order chi connectivity index (χ0) is 30.3. The first-order chi connectivity index (χ1) is 19.2. The van der Waals surface area contributed by atoms with Crippen molar-refractivity contribution in [1.82, 2.24) is 0 Å². The van der Waals surface area contributed by atoms with Gasteiger partial charge < -0.3 is 14.6 Å². The van der Waals surface area contributed by atoms with Gasteiger partial charge in [-0.1, -0.05) is 24.6 Å². The third-order valence-corrected chi connectivity index (χ3v) is 9.97. The quantitative estimate of drug-likeness (QED) is 0.350. The second kappa shape index (κ2) is 11.5. The van der Waals surface area contributed by atoms with E-state index in [9.17, 15) is 19.5 Å². The topological polar surface area (TPSA) is 113 Å². The van der Waals surface area contributed by atoms with Gasteiger partial charge in [0.1, 0.15) is 6.17 Å². The van der Waals surface area contributed by atoms with Gasteiger partial charge in [-0.15, -0.1) is 0 Å². The molecule has 41 heavy (non-hydrogen) atoms. The molecule has 1 aromatic rings. The van der Waals surface area contributed by atoms with Crippen molar-refractivity contribution in [3.63, 3.8) is 0 Å². The molecule has 0 bridgehead atoms. The summed E-state index contributed by atoms with van der Waals surface area (Å²) in [5.74, 6) is -2.36. The third-order valence-electron chi connectivity index (χ3n) is 9.71. The molecule has 0 heterocycles. The lowest BCUT2D eigenvalue weighted by Crippen LogP contribution is -2.68. The molecule has 2 N–H and O–H groups in total. The van der Waals surface area contributed by atoms with E-state index in [0.717, 1.165) is 23.9 Å². The Bertz CT molecular complexity index is 1250. The molecule has 1 aromatic carbocycles. The smallest absolute Gasteiger partial charge is 0.438 e. The predicted molar refractivity (Wildman–Crippen MR) is 147 cm³/mol. The Balaban J connectivity index is 0.000000328. The first-order valence-corrected chi connectivity index (χ1v) is 13.9. The van der Waals surface area contributed by atoms with E-state index in [0.29, 0.717) is 17.9 Å². The predicted octanol–water partition coefficient (Wildman–Crippen LogP) is 5.44. The number of Topliss-reactive ketones (excluding diaryl/α,β-unsaturated/α-hetero) is 1. The number of allylic oxidation sites excluding steroid dienone is 4. The van der Waals surface area contributed by atoms with Crippen LogP contribution in [0.1, 0.15) is 39.5 Å². The third kappa shape index (κ3) is 5.30. The van der Waals surface area contributed by atoms with Crippen LogP contribution in [0, 0.1) is 28.6 Å². The number of aliphatic hydroxyl groups is 1. The Kier molecular flexibility index (Phi) is 8.70. The number of hydroxylamine groups is 1. The highest BCUT2D eigenvalue weighted by Gasteiger charge is 2.72. The number of carbonyl (C=O) groups is 3. The first kappa shape index (κ1) is 31.1. The van der Waals surface area contributed by atoms with Crippen molar-refractivity contribution in [1.29, 1.82) is 0 Å². The minimum atomic E-state index is -2.15. The number of methoxy groups -OCH3 is 1. The fourth-order valence-corrected chi connectivity index (χ4v) is 7.80. The van der Waals surface area contributed by atoms with Gasteiger partial charge in [0.05, 0.1) is 18.9 Å². The maximum absolute atomic E-state index is 16.9. The Morgan fingerprint density at radius 3 is 2.44 bits per heavy atom. The van der Waals surface area contributed by atoms with Crippen molar-refractivity contribution in [2.75, 3.05) is 25.8 Å². The molecule has 0 aromatic heterocycles. The number of alkyl halides is 2. The summed E-state index contributed by atoms with van der Waals surface area (Å²) >= 11 is 5.62. The SMILES string of the molecule is CN(O)c1ccc(Cl)cc1.COC(=O)OCC(=O)[C@H]1CCC2[C@@H]3C[C@H](F)C4=CC(=O)C=C[C@]4(C)[C@@]3(F)[C@@H](O)C[C@@]21C. The molecular weight excluding hydrogens is 560 g/mol. The van der Waals surface area contributed by atoms with Gasteiger partial charge in [-0.2, -0.15) is 0 Å². The summed E-state index contributed by atoms with van der Waals surface area (Å²) in [6, 6.07) is 6.93. The number of rotatable bonds is 4. The van der Waals surface area contributed by atoms with E-state index in [1.54, 1.807) is 38.2 Å². The molecule has 8 atom stereocenters. The molecule has 8 nitrogen and oxygen atoms in total. The molecule has 0 spiro atoms. The van der Waals surface area contributed by atoms with Crippen molar-refractivity contribution in [2.24, 2.45) is 28.6 Å². The summed E-state index contributed by atoms with van der Waals surface area (Å²) < 4.78 is 41.3. The summed E-state index contributed by atoms with van der Waals surface area (Å²) in [6.45, 7) is 2.94. The van der Waals surface area contributed by atoms with Crippen LogP contribution >= 0.6 is 11.6 Å². The summed E-state index contributed by atoms with van der Waals surface area (Å²) in [7, 11) is 2.70. The van der Waals surface area contributed by atoms with Crippen LogP contribution in [0.4, 0.5) is 19.3 Å². The highest BCUT2D eigenvalue weighted by atomic mass is 35.5. The number of hydrogen-bond acceptors (Lipinski definition) is 8. The van der Waals surface area contributed by atoms with E-state index >= 15 is 8.78 Å². The average molecular weight is 596 g/mol. The van der Waals surface area contributed by atoms with E-state index in [1.165, 1.54) is 12.2 Å². The molecule has 3 saturated carbocycles. The first-order valence-electron chi connectivity index (χ1n) is 13.6. The van der Waals surface area contributed by atoms with Gasteiger partial charge in [0.2, 0.25) is 0 Å². The van der Waals surface area contributed by atoms with E-state index in [2.05, 4.69) is 4.74 Å². The van der Waals surface area contributed by atoms with Gasteiger partial charge >= 0.3 is 6.16 Å². The zero-order valence-electron chi connectivity index (χ0n) is 23.5. The Morgan fingerprint density at radius 1 is 1.17 bits per heavy atom. The number of nitrogens with zero attached hydrogens (tertiary/aromatic N) is 1. The van der Waals surface area contributed by atoms with Crippen LogP contribution in [0.25, 0.3) is 0 Å². The van der Waals surface area contributed by atoms with Gasteiger partial charge in [-0.3, -0.25) is 19.9 Å². The summed E-state index contributed by atoms with van der Waals surface area (Å²) in [4.78, 5) is 35.9. The molecule has 4 aliphatic carbocycles. The molecule has 4 aliphatic rings. The van der Waals surface area contributed by atoms with E-state index < -0.39 is 53.4 Å². The maximum atomic E-state index is 16.9. The number of ketones is 2. The minimum absolute atomic E-state index is 0.0287. The van der Waals surface area contributed by atoms with Crippen LogP contribution in [-0.2, 0) is 19.1 Å². The van der Waals surface area contributed by atoms with Gasteiger partial charge in [0, 0.05) is 29.3 Å². The molecule has 224 valence electrons. The van der Waals surface area contributed by atoms with Crippen molar-refractivity contribution in [2.45, 2.75) is 57.5 Å². The summed E-state index contributed by atoms with van der Waals surface area (Å²) in [6.07, 6.45) is 0.755. The number of carbonyl (C=O) groups excluding carboxylic acids is 3. The molecule has 5 rings (SSSR count). The number of fused-ring (bicyclic) bond motifs is 5. The highest BCUT2D eigenvalue weighted by Crippen LogP contribution is 2.69. The van der Waals surface area contributed by atoms with Gasteiger partial charge in [0.15, 0.2) is 23.8 Å². The van der Waals surface area contributed by atoms with Crippen molar-refractivity contribution < 1.29 is 43.0 Å². The van der Waals surface area contributed by atoms with Crippen molar-refractivity contribution in [3.8, 4) is 0 Å². The normalized spacial score (nSPS) is 37.0. The molecule has 1 unspecified atom stereocenters. The molecule has 0 radical (unpaired) electrons. The number of benzene rings is 1. The number of ether oxygens (including phenoxy) is 2. The average Bonchev–Trinajstić information content (AvgIpc) is 3.27. The Hall–Kier alpha value is -2.82. The second-order valence-corrected chi connectivity index (χ2v) is 12.2. The van der Waals surface area contributed by atoms with Crippen molar-refractivity contribution >= 4 is 35.0 Å². The molecular formula is C30H36ClF2NO7. The standard InChI is InChI=1S/C23H28F2O6.C7H8ClNO/c1-21-10-19(28)23(25)15(9-17(24)16-8-12(26)6-7-22(16,23)2)13(21)4-5-14(21)18(27)11-31-20(29)30-3;1-9(10)7-4-2-6(8)3-5-7/h6-8,13-15,17,19,28H,4-5,9-11H2,1-3H3;2-5,10H,1H3/t13?,14-,15+,17+,19+,21+,22+,23+;/m1./s1. The van der Waals surface area contributed by atoms with Gasteiger partial charge in [-0.05, 0) is 85.9 Å². The van der Waals surface area contributed by atoms with Crippen LogP contribution in [0.15, 0.2) is 48.1 Å². The van der Waals surface area contributed by atoms with Crippen LogP contribution in [0.5, 0.6) is 0 Å². The number of anilines is 1. The maximum Gasteiger partial charge on any atom is 0.508 e. The van der Waals surface area contributed by atoms with Crippen molar-refractivity contribution in [3.05, 3.63) is 53.1 Å². The van der Waals surface area contributed by atoms with Gasteiger partial charge in [-0.25, -0.2) is 13.6 Å². The van der Waals surface area contributed by atoms with Crippen LogP contribution in [0.2, 0.25) is 5.02 Å². The molecule has 0 saturated heterocycles. The lowest BCUT2D eigenvalue weighted by molar-refractivity contribution is -0.202. The summed E-state index contributed by atoms with van der Waals surface area (Å²) in [5.41, 5.74) is -3.52. The van der Waals surface area contributed by atoms with Crippen LogP contribution in [-0.4, -0.2) is 66.7 Å². The molecule has 0 amide bonds. The Morgan fingerprint density at radius 2 is 1.83 bits per heavy atom. The number of hydrogen-bond donors (Lipinski definition) is 2. The second-order valence-electron chi connectivity index (χ2n) is 11.8. The zero-order valence-corrected chi connectivity index (χ0v) is 24.2. The van der Waals surface area contributed by atoms with Crippen LogP contribution < -0.4 is 5.06 Å². The fraction of sp³-hybridized carbons (Fsp3) is 0.567. The number of halogens is 3. The minimum Gasteiger partial charge on any atom is -0.438 e. The monoisotopic (exact) mass is 595 g/mol. The molecule has 0 aliphatic heterocycles.